The van der Waals surface area contributed by atoms with E-state index in [1.807, 2.05) is 0 Å². The van der Waals surface area contributed by atoms with Crippen LogP contribution in [0.15, 0.2) is 0 Å². The van der Waals surface area contributed by atoms with Gasteiger partial charge in [0.15, 0.2) is 0 Å². The summed E-state index contributed by atoms with van der Waals surface area (Å²) >= 11 is 0. The van der Waals surface area contributed by atoms with Crippen molar-refractivity contribution in [2.24, 2.45) is 5.92 Å². The van der Waals surface area contributed by atoms with Crippen LogP contribution < -0.4 is 0 Å². The van der Waals surface area contributed by atoms with Gasteiger partial charge in [-0.1, -0.05) is 0 Å². The smallest absolute Gasteiger partial charge is 0.0928 e. The van der Waals surface area contributed by atoms with Gasteiger partial charge in [-0.2, -0.15) is 0 Å². The summed E-state index contributed by atoms with van der Waals surface area (Å²) in [5.74, 6) is 0.622. The molecule has 0 aromatic rings. The van der Waals surface area contributed by atoms with E-state index >= 15 is 0 Å². The van der Waals surface area contributed by atoms with Crippen LogP contribution >= 0.6 is 0 Å². The number of hydrogen-bond donors (Lipinski definition) is 1. The Morgan fingerprint density at radius 2 is 2.07 bits per heavy atom. The Hall–Kier alpha value is -0.120. The van der Waals surface area contributed by atoms with E-state index < -0.39 is 0 Å². The minimum atomic E-state index is -0.309. The summed E-state index contributed by atoms with van der Waals surface area (Å²) in [5.41, 5.74) is -0.309. The lowest BCUT2D eigenvalue weighted by Gasteiger charge is -2.47. The first kappa shape index (κ1) is 10.1. The van der Waals surface area contributed by atoms with Crippen molar-refractivity contribution in [3.05, 3.63) is 0 Å². The maximum atomic E-state index is 10.1. The number of likely N-dealkylation sites (tertiary alicyclic amines) is 1. The molecule has 2 heterocycles. The third kappa shape index (κ3) is 2.05. The molecular formula is C12H21NO2. The molecule has 86 valence electrons. The first-order valence-corrected chi connectivity index (χ1v) is 6.33. The third-order valence-corrected chi connectivity index (χ3v) is 4.12. The quantitative estimate of drug-likeness (QED) is 0.753. The average Bonchev–Trinajstić information content (AvgIpc) is 2.90. The summed E-state index contributed by atoms with van der Waals surface area (Å²) < 4.78 is 5.59. The lowest BCUT2D eigenvalue weighted by molar-refractivity contribution is -0.115. The molecule has 0 aromatic heterocycles. The average molecular weight is 211 g/mol. The van der Waals surface area contributed by atoms with Gasteiger partial charge in [0, 0.05) is 26.2 Å². The highest BCUT2D eigenvalue weighted by atomic mass is 16.5. The van der Waals surface area contributed by atoms with Crippen molar-refractivity contribution in [1.29, 1.82) is 0 Å². The van der Waals surface area contributed by atoms with Crippen LogP contribution in [0.25, 0.3) is 0 Å². The van der Waals surface area contributed by atoms with Gasteiger partial charge < -0.3 is 9.84 Å². The zero-order chi connectivity index (χ0) is 10.3. The molecule has 3 rings (SSSR count). The molecule has 0 amide bonds. The molecule has 3 heteroatoms. The Labute approximate surface area is 91.4 Å². The number of aliphatic hydroxyl groups is 1. The van der Waals surface area contributed by atoms with E-state index in [9.17, 15) is 5.11 Å². The van der Waals surface area contributed by atoms with Crippen molar-refractivity contribution < 1.29 is 9.84 Å². The summed E-state index contributed by atoms with van der Waals surface area (Å²) in [6.07, 6.45) is 6.62. The number of nitrogens with zero attached hydrogens (tertiary/aromatic N) is 1. The largest absolute Gasteiger partial charge is 0.387 e. The molecule has 3 fully saturated rings. The van der Waals surface area contributed by atoms with E-state index in [-0.39, 0.29) is 5.60 Å². The summed E-state index contributed by atoms with van der Waals surface area (Å²) in [6.45, 7) is 3.88. The van der Waals surface area contributed by atoms with Crippen molar-refractivity contribution in [2.75, 3.05) is 26.2 Å². The summed E-state index contributed by atoms with van der Waals surface area (Å²) in [6, 6.07) is 0. The molecule has 0 bridgehead atoms. The zero-order valence-electron chi connectivity index (χ0n) is 9.32. The van der Waals surface area contributed by atoms with Crippen molar-refractivity contribution in [3.63, 3.8) is 0 Å². The molecule has 1 N–H and O–H groups in total. The summed E-state index contributed by atoms with van der Waals surface area (Å²) in [5, 5.41) is 10.1. The van der Waals surface area contributed by atoms with Crippen LogP contribution in [0.5, 0.6) is 0 Å². The molecule has 1 saturated carbocycles. The van der Waals surface area contributed by atoms with Crippen molar-refractivity contribution in [2.45, 2.75) is 43.8 Å². The van der Waals surface area contributed by atoms with E-state index in [4.69, 9.17) is 4.74 Å². The third-order valence-electron chi connectivity index (χ3n) is 4.12. The molecule has 15 heavy (non-hydrogen) atoms. The molecular weight excluding hydrogens is 190 g/mol. The van der Waals surface area contributed by atoms with E-state index in [1.165, 1.54) is 25.7 Å². The van der Waals surface area contributed by atoms with Gasteiger partial charge in [0.1, 0.15) is 0 Å². The first-order valence-electron chi connectivity index (χ1n) is 6.33. The van der Waals surface area contributed by atoms with E-state index in [2.05, 4.69) is 4.90 Å². The van der Waals surface area contributed by atoms with Crippen LogP contribution in [0.3, 0.4) is 0 Å². The fraction of sp³-hybridized carbons (Fsp3) is 1.00. The topological polar surface area (TPSA) is 32.7 Å². The molecule has 2 saturated heterocycles. The van der Waals surface area contributed by atoms with Gasteiger partial charge in [-0.15, -0.1) is 0 Å². The highest BCUT2D eigenvalue weighted by Crippen LogP contribution is 2.44. The van der Waals surface area contributed by atoms with Gasteiger partial charge in [-0.25, -0.2) is 0 Å². The SMILES string of the molecule is OC1(C2CC2)CN(CCC2CCCO2)C1. The minimum absolute atomic E-state index is 0.309. The molecule has 3 aliphatic rings. The van der Waals surface area contributed by atoms with Gasteiger partial charge in [0.2, 0.25) is 0 Å². The maximum Gasteiger partial charge on any atom is 0.0928 e. The second kappa shape index (κ2) is 3.72. The Balaban J connectivity index is 1.36. The molecule has 1 unspecified atom stereocenters. The van der Waals surface area contributed by atoms with E-state index in [0.29, 0.717) is 12.0 Å². The summed E-state index contributed by atoms with van der Waals surface area (Å²) in [7, 11) is 0. The van der Waals surface area contributed by atoms with E-state index in [0.717, 1.165) is 32.7 Å². The molecule has 0 radical (unpaired) electrons. The second-order valence-corrected chi connectivity index (χ2v) is 5.51. The molecule has 2 aliphatic heterocycles. The normalized spacial score (nSPS) is 35.4. The van der Waals surface area contributed by atoms with Gasteiger partial charge in [0.25, 0.3) is 0 Å². The minimum Gasteiger partial charge on any atom is -0.387 e. The fourth-order valence-corrected chi connectivity index (χ4v) is 2.96. The van der Waals surface area contributed by atoms with Crippen LogP contribution in [0.1, 0.15) is 32.1 Å². The molecule has 1 aliphatic carbocycles. The predicted octanol–water partition coefficient (Wildman–Crippen LogP) is 1.01. The highest BCUT2D eigenvalue weighted by Gasteiger charge is 2.51. The van der Waals surface area contributed by atoms with Crippen LogP contribution in [0.2, 0.25) is 0 Å². The maximum absolute atomic E-state index is 10.1. The van der Waals surface area contributed by atoms with Crippen molar-refractivity contribution in [1.82, 2.24) is 4.90 Å². The molecule has 0 spiro atoms. The Bertz CT molecular complexity index is 228. The van der Waals surface area contributed by atoms with Gasteiger partial charge >= 0.3 is 0 Å². The zero-order valence-corrected chi connectivity index (χ0v) is 9.32. The van der Waals surface area contributed by atoms with Gasteiger partial charge in [-0.3, -0.25) is 4.90 Å². The molecule has 3 nitrogen and oxygen atoms in total. The number of rotatable bonds is 4. The van der Waals surface area contributed by atoms with Crippen LogP contribution in [0.4, 0.5) is 0 Å². The fourth-order valence-electron chi connectivity index (χ4n) is 2.96. The van der Waals surface area contributed by atoms with Crippen molar-refractivity contribution in [3.8, 4) is 0 Å². The monoisotopic (exact) mass is 211 g/mol. The van der Waals surface area contributed by atoms with Crippen LogP contribution in [-0.4, -0.2) is 48.0 Å². The Morgan fingerprint density at radius 1 is 1.27 bits per heavy atom. The lowest BCUT2D eigenvalue weighted by atomic mass is 9.88. The van der Waals surface area contributed by atoms with E-state index in [1.54, 1.807) is 0 Å². The Morgan fingerprint density at radius 3 is 2.67 bits per heavy atom. The van der Waals surface area contributed by atoms with Crippen molar-refractivity contribution >= 4 is 0 Å². The summed E-state index contributed by atoms with van der Waals surface area (Å²) in [4.78, 5) is 2.38. The van der Waals surface area contributed by atoms with Gasteiger partial charge in [0.05, 0.1) is 11.7 Å². The van der Waals surface area contributed by atoms with Gasteiger partial charge in [-0.05, 0) is 38.0 Å². The lowest BCUT2D eigenvalue weighted by Crippen LogP contribution is -2.63. The van der Waals surface area contributed by atoms with Crippen LogP contribution in [0, 0.1) is 5.92 Å². The number of ether oxygens (including phenoxy) is 1. The predicted molar refractivity (Wildman–Crippen MR) is 57.7 cm³/mol. The number of β-amino-alcohol motifs (C(OH)–C–C–N with tert-alkyl or cyclic N) is 1. The first-order chi connectivity index (χ1) is 7.26. The molecule has 1 atom stereocenters. The standard InChI is InChI=1S/C12H21NO2/c14-12(10-3-4-10)8-13(9-12)6-5-11-2-1-7-15-11/h10-11,14H,1-9H2. The number of hydrogen-bond acceptors (Lipinski definition) is 3. The Kier molecular flexibility index (Phi) is 2.49. The molecule has 0 aromatic carbocycles. The van der Waals surface area contributed by atoms with Crippen LogP contribution in [-0.2, 0) is 4.74 Å². The second-order valence-electron chi connectivity index (χ2n) is 5.51. The highest BCUT2D eigenvalue weighted by molar-refractivity contribution is 5.05.